The van der Waals surface area contributed by atoms with Crippen molar-refractivity contribution in [2.24, 2.45) is 0 Å². The molecule has 0 aliphatic rings. The third-order valence-electron chi connectivity index (χ3n) is 0.519. The fourth-order valence-corrected chi connectivity index (χ4v) is 0.598. The monoisotopic (exact) mass is 170 g/mol. The topological polar surface area (TPSA) is 57.2 Å². The Morgan fingerprint density at radius 3 is 2.10 bits per heavy atom. The molecule has 0 radical (unpaired) electrons. The van der Waals surface area contributed by atoms with Crippen LogP contribution in [0.15, 0.2) is 23.6 Å². The van der Waals surface area contributed by atoms with Crippen molar-refractivity contribution < 1.29 is 42.5 Å². The van der Waals surface area contributed by atoms with E-state index < -0.39 is 10.1 Å². The third kappa shape index (κ3) is 11.2. The molecule has 0 aliphatic carbocycles. The van der Waals surface area contributed by atoms with E-state index in [4.69, 9.17) is 0 Å². The van der Waals surface area contributed by atoms with Gasteiger partial charge in [-0.2, -0.15) is 0 Å². The summed E-state index contributed by atoms with van der Waals surface area (Å²) < 4.78 is 29.6. The van der Waals surface area contributed by atoms with Gasteiger partial charge in [0.25, 0.3) is 0 Å². The van der Waals surface area contributed by atoms with E-state index in [-0.39, 0.29) is 29.6 Å². The van der Waals surface area contributed by atoms with Crippen LogP contribution < -0.4 is 29.6 Å². The van der Waals surface area contributed by atoms with Crippen LogP contribution >= 0.6 is 0 Å². The maximum absolute atomic E-state index is 9.85. The summed E-state index contributed by atoms with van der Waals surface area (Å²) in [6, 6.07) is 0. The molecule has 0 spiro atoms. The summed E-state index contributed by atoms with van der Waals surface area (Å²) in [4.78, 5) is 0. The summed E-state index contributed by atoms with van der Waals surface area (Å²) >= 11 is 0. The Balaban J connectivity index is 0. The van der Waals surface area contributed by atoms with Gasteiger partial charge >= 0.3 is 29.6 Å². The molecule has 3 nitrogen and oxygen atoms in total. The molecular weight excluding hydrogens is 163 g/mol. The Hall–Kier alpha value is 0.390. The summed E-state index contributed by atoms with van der Waals surface area (Å²) in [6.45, 7) is 4.97. The normalized spacial score (nSPS) is 11.0. The van der Waals surface area contributed by atoms with Crippen LogP contribution in [-0.4, -0.2) is 13.0 Å². The molecule has 0 rings (SSSR count). The second kappa shape index (κ2) is 5.09. The van der Waals surface area contributed by atoms with Gasteiger partial charge in [0.2, 0.25) is 0 Å². The fraction of sp³-hybridized carbons (Fsp3) is 0.200. The Morgan fingerprint density at radius 1 is 1.60 bits per heavy atom. The molecule has 0 saturated carbocycles. The van der Waals surface area contributed by atoms with Gasteiger partial charge in [0.15, 0.2) is 0 Å². The van der Waals surface area contributed by atoms with E-state index in [2.05, 4.69) is 6.58 Å². The quantitative estimate of drug-likeness (QED) is 0.264. The zero-order valence-electron chi connectivity index (χ0n) is 5.99. The zero-order chi connectivity index (χ0) is 7.49. The second-order valence-electron chi connectivity index (χ2n) is 1.64. The van der Waals surface area contributed by atoms with Crippen LogP contribution in [0.5, 0.6) is 0 Å². The van der Waals surface area contributed by atoms with Gasteiger partial charge in [-0.3, -0.25) is 0 Å². The van der Waals surface area contributed by atoms with Gasteiger partial charge in [-0.15, -0.1) is 0 Å². The molecule has 0 aliphatic heterocycles. The van der Waals surface area contributed by atoms with Gasteiger partial charge in [0.05, 0.1) is 0 Å². The summed E-state index contributed by atoms with van der Waals surface area (Å²) in [7, 11) is -4.21. The van der Waals surface area contributed by atoms with Crippen molar-refractivity contribution in [1.82, 2.24) is 0 Å². The summed E-state index contributed by atoms with van der Waals surface area (Å²) in [5.41, 5.74) is 0.537. The van der Waals surface area contributed by atoms with Crippen molar-refractivity contribution in [3.63, 3.8) is 0 Å². The molecule has 0 aromatic rings. The summed E-state index contributed by atoms with van der Waals surface area (Å²) in [5, 5.41) is 0.579. The van der Waals surface area contributed by atoms with Crippen LogP contribution in [0.25, 0.3) is 0 Å². The SMILES string of the molecule is C=C(C)C=CS(=O)(=O)[O-].[Na+]. The van der Waals surface area contributed by atoms with Crippen LogP contribution in [0.2, 0.25) is 0 Å². The van der Waals surface area contributed by atoms with Gasteiger partial charge in [0, 0.05) is 5.41 Å². The molecule has 0 aromatic carbocycles. The number of allylic oxidation sites excluding steroid dienone is 2. The molecule has 0 atom stereocenters. The maximum atomic E-state index is 9.85. The Labute approximate surface area is 82.9 Å². The molecule has 0 saturated heterocycles. The zero-order valence-corrected chi connectivity index (χ0v) is 8.81. The van der Waals surface area contributed by atoms with E-state index in [9.17, 15) is 13.0 Å². The standard InChI is InChI=1S/C5H8O3S.Na/c1-5(2)3-4-9(6,7)8;/h3-4H,1H2,2H3,(H,6,7,8);/q;+1/p-1. The Bertz CT molecular complexity index is 227. The number of rotatable bonds is 2. The van der Waals surface area contributed by atoms with Gasteiger partial charge < -0.3 is 4.55 Å². The van der Waals surface area contributed by atoms with Crippen LogP contribution in [0.1, 0.15) is 6.92 Å². The Kier molecular flexibility index (Phi) is 6.63. The maximum Gasteiger partial charge on any atom is 1.00 e. The molecule has 10 heavy (non-hydrogen) atoms. The van der Waals surface area contributed by atoms with E-state index in [1.165, 1.54) is 0 Å². The third-order valence-corrected chi connectivity index (χ3v) is 0.989. The summed E-state index contributed by atoms with van der Waals surface area (Å²) in [6.07, 6.45) is 1.16. The van der Waals surface area contributed by atoms with Gasteiger partial charge in [-0.05, 0) is 13.0 Å². The van der Waals surface area contributed by atoms with Crippen LogP contribution in [0.4, 0.5) is 0 Å². The van der Waals surface area contributed by atoms with Gasteiger partial charge in [0.1, 0.15) is 10.1 Å². The summed E-state index contributed by atoms with van der Waals surface area (Å²) in [5.74, 6) is 0. The average Bonchev–Trinajstić information content (AvgIpc) is 1.59. The predicted molar refractivity (Wildman–Crippen MR) is 33.7 cm³/mol. The minimum Gasteiger partial charge on any atom is -0.744 e. The molecule has 0 N–H and O–H groups in total. The first-order valence-electron chi connectivity index (χ1n) is 2.21. The molecule has 0 fully saturated rings. The van der Waals surface area contributed by atoms with Crippen molar-refractivity contribution >= 4 is 10.1 Å². The second-order valence-corrected chi connectivity index (χ2v) is 2.90. The average molecular weight is 170 g/mol. The van der Waals surface area contributed by atoms with Crippen LogP contribution in [-0.2, 0) is 10.1 Å². The minimum absolute atomic E-state index is 0. The molecule has 52 valence electrons. The molecule has 0 unspecified atom stereocenters. The van der Waals surface area contributed by atoms with Gasteiger partial charge in [-0.25, -0.2) is 8.42 Å². The molecule has 0 heterocycles. The first kappa shape index (κ1) is 13.0. The largest absolute Gasteiger partial charge is 1.00 e. The fourth-order valence-electron chi connectivity index (χ4n) is 0.199. The number of hydrogen-bond acceptors (Lipinski definition) is 3. The minimum atomic E-state index is -4.21. The van der Waals surface area contributed by atoms with Crippen molar-refractivity contribution in [3.8, 4) is 0 Å². The first-order chi connectivity index (χ1) is 3.92. The van der Waals surface area contributed by atoms with Gasteiger partial charge in [-0.1, -0.05) is 12.2 Å². The van der Waals surface area contributed by atoms with Crippen LogP contribution in [0, 0.1) is 0 Å². The Morgan fingerprint density at radius 2 is 2.00 bits per heavy atom. The van der Waals surface area contributed by atoms with E-state index in [1.54, 1.807) is 6.92 Å². The van der Waals surface area contributed by atoms with E-state index in [0.717, 1.165) is 6.08 Å². The molecule has 0 bridgehead atoms. The van der Waals surface area contributed by atoms with Crippen molar-refractivity contribution in [3.05, 3.63) is 23.6 Å². The molecule has 0 amide bonds. The predicted octanol–water partition coefficient (Wildman–Crippen LogP) is -2.37. The van der Waals surface area contributed by atoms with E-state index in [1.807, 2.05) is 0 Å². The molecule has 5 heteroatoms. The smallest absolute Gasteiger partial charge is 0.744 e. The molecule has 0 aromatic heterocycles. The van der Waals surface area contributed by atoms with E-state index in [0.29, 0.717) is 11.0 Å². The van der Waals surface area contributed by atoms with Crippen LogP contribution in [0.3, 0.4) is 0 Å². The van der Waals surface area contributed by atoms with Crippen molar-refractivity contribution in [2.45, 2.75) is 6.92 Å². The van der Waals surface area contributed by atoms with E-state index >= 15 is 0 Å². The van der Waals surface area contributed by atoms with Crippen molar-refractivity contribution in [2.75, 3.05) is 0 Å². The number of hydrogen-bond donors (Lipinski definition) is 0. The first-order valence-corrected chi connectivity index (χ1v) is 3.68. The molecular formula is C5H7NaO3S. The van der Waals surface area contributed by atoms with Crippen molar-refractivity contribution in [1.29, 1.82) is 0 Å².